The number of fused-ring (bicyclic) bond motifs is 1. The third-order valence-electron chi connectivity index (χ3n) is 5.29. The van der Waals surface area contributed by atoms with Gasteiger partial charge in [0.25, 0.3) is 0 Å². The first kappa shape index (κ1) is 21.1. The zero-order valence-electron chi connectivity index (χ0n) is 17.7. The molecule has 2 heterocycles. The summed E-state index contributed by atoms with van der Waals surface area (Å²) in [5, 5.41) is 0. The molecule has 1 amide bonds. The maximum atomic E-state index is 12.7. The average Bonchev–Trinajstić information content (AvgIpc) is 3.37. The number of anilines is 1. The molecule has 0 saturated carbocycles. The van der Waals surface area contributed by atoms with E-state index >= 15 is 0 Å². The van der Waals surface area contributed by atoms with Gasteiger partial charge in [0.05, 0.1) is 25.7 Å². The molecule has 0 saturated heterocycles. The van der Waals surface area contributed by atoms with Gasteiger partial charge in [0.1, 0.15) is 11.5 Å². The summed E-state index contributed by atoms with van der Waals surface area (Å²) < 4.78 is 29.1. The average molecular weight is 441 g/mol. The molecular formula is C23H24N2O5S. The number of ether oxygens (including phenoxy) is 2. The lowest BCUT2D eigenvalue weighted by atomic mass is 10.2. The SMILES string of the molecule is COc1ccc(-c2nc(C[S@](=O)CC(=O)N3CCc4ccccc43)c(C)o2)cc1OC. The lowest BCUT2D eigenvalue weighted by molar-refractivity contribution is -0.116. The van der Waals surface area contributed by atoms with Crippen molar-refractivity contribution in [2.24, 2.45) is 0 Å². The van der Waals surface area contributed by atoms with Crippen LogP contribution in [0.15, 0.2) is 46.9 Å². The molecule has 0 spiro atoms. The van der Waals surface area contributed by atoms with Crippen LogP contribution in [0.5, 0.6) is 11.5 Å². The highest BCUT2D eigenvalue weighted by Crippen LogP contribution is 2.33. The van der Waals surface area contributed by atoms with E-state index in [9.17, 15) is 9.00 Å². The summed E-state index contributed by atoms with van der Waals surface area (Å²) in [7, 11) is 1.74. The Labute approximate surface area is 183 Å². The smallest absolute Gasteiger partial charge is 0.239 e. The molecule has 31 heavy (non-hydrogen) atoms. The number of carbonyl (C=O) groups excluding carboxylic acids is 1. The van der Waals surface area contributed by atoms with Gasteiger partial charge >= 0.3 is 0 Å². The maximum Gasteiger partial charge on any atom is 0.239 e. The van der Waals surface area contributed by atoms with E-state index in [0.717, 1.165) is 23.2 Å². The molecule has 162 valence electrons. The van der Waals surface area contributed by atoms with Crippen molar-refractivity contribution in [2.75, 3.05) is 31.4 Å². The van der Waals surface area contributed by atoms with Crippen molar-refractivity contribution in [3.8, 4) is 23.0 Å². The summed E-state index contributed by atoms with van der Waals surface area (Å²) in [6.45, 7) is 2.41. The van der Waals surface area contributed by atoms with Gasteiger partial charge in [-0.1, -0.05) is 18.2 Å². The van der Waals surface area contributed by atoms with Crippen molar-refractivity contribution < 1.29 is 22.9 Å². The summed E-state index contributed by atoms with van der Waals surface area (Å²) in [5.41, 5.74) is 3.37. The number of carbonyl (C=O) groups is 1. The Hall–Kier alpha value is -3.13. The molecule has 1 aliphatic heterocycles. The number of amides is 1. The van der Waals surface area contributed by atoms with Gasteiger partial charge in [-0.25, -0.2) is 4.98 Å². The Morgan fingerprint density at radius 1 is 1.16 bits per heavy atom. The van der Waals surface area contributed by atoms with E-state index < -0.39 is 10.8 Å². The topological polar surface area (TPSA) is 81.9 Å². The minimum atomic E-state index is -1.40. The minimum absolute atomic E-state index is 0.0493. The monoisotopic (exact) mass is 440 g/mol. The summed E-state index contributed by atoms with van der Waals surface area (Å²) in [6.07, 6.45) is 0.825. The van der Waals surface area contributed by atoms with E-state index in [4.69, 9.17) is 13.9 Å². The van der Waals surface area contributed by atoms with Crippen LogP contribution < -0.4 is 14.4 Å². The molecule has 7 nitrogen and oxygen atoms in total. The Morgan fingerprint density at radius 2 is 1.94 bits per heavy atom. The van der Waals surface area contributed by atoms with Gasteiger partial charge in [-0.3, -0.25) is 9.00 Å². The fourth-order valence-corrected chi connectivity index (χ4v) is 4.78. The van der Waals surface area contributed by atoms with Gasteiger partial charge < -0.3 is 18.8 Å². The number of hydrogen-bond donors (Lipinski definition) is 0. The first-order valence-corrected chi connectivity index (χ1v) is 11.4. The molecular weight excluding hydrogens is 416 g/mol. The molecule has 1 aromatic heterocycles. The summed E-state index contributed by atoms with van der Waals surface area (Å²) in [5.74, 6) is 2.14. The van der Waals surface area contributed by atoms with E-state index in [2.05, 4.69) is 4.98 Å². The molecule has 0 aliphatic carbocycles. The number of nitrogens with zero attached hydrogens (tertiary/aromatic N) is 2. The molecule has 0 N–H and O–H groups in total. The largest absolute Gasteiger partial charge is 0.493 e. The second kappa shape index (κ2) is 8.93. The van der Waals surface area contributed by atoms with Gasteiger partial charge in [-0.2, -0.15) is 0 Å². The van der Waals surface area contributed by atoms with Crippen molar-refractivity contribution >= 4 is 22.4 Å². The standard InChI is InChI=1S/C23H24N2O5S/c1-15-18(24-23(30-15)17-8-9-20(28-2)21(12-17)29-3)13-31(27)14-22(26)25-11-10-16-6-4-5-7-19(16)25/h4-9,12H,10-11,13-14H2,1-3H3/t31-/m0/s1. The fourth-order valence-electron chi connectivity index (χ4n) is 3.67. The molecule has 2 aromatic carbocycles. The van der Waals surface area contributed by atoms with E-state index in [1.807, 2.05) is 30.3 Å². The molecule has 1 atom stereocenters. The van der Waals surface area contributed by atoms with Crippen molar-refractivity contribution in [3.63, 3.8) is 0 Å². The third-order valence-corrected chi connectivity index (χ3v) is 6.46. The molecule has 1 aliphatic rings. The van der Waals surface area contributed by atoms with Crippen molar-refractivity contribution in [1.82, 2.24) is 4.98 Å². The summed E-state index contributed by atoms with van der Waals surface area (Å²) >= 11 is 0. The van der Waals surface area contributed by atoms with Crippen LogP contribution in [0.4, 0.5) is 5.69 Å². The predicted molar refractivity (Wildman–Crippen MR) is 119 cm³/mol. The number of oxazole rings is 1. The minimum Gasteiger partial charge on any atom is -0.493 e. The van der Waals surface area contributed by atoms with Gasteiger partial charge in [0.2, 0.25) is 11.8 Å². The number of para-hydroxylation sites is 1. The quantitative estimate of drug-likeness (QED) is 0.559. The lowest BCUT2D eigenvalue weighted by Gasteiger charge is -2.16. The molecule has 0 fully saturated rings. The predicted octanol–water partition coefficient (Wildman–Crippen LogP) is 3.51. The van der Waals surface area contributed by atoms with Gasteiger partial charge in [0.15, 0.2) is 11.5 Å². The summed E-state index contributed by atoms with van der Waals surface area (Å²) in [6, 6.07) is 13.2. The van der Waals surface area contributed by atoms with Gasteiger partial charge in [-0.15, -0.1) is 0 Å². The zero-order chi connectivity index (χ0) is 22.0. The Balaban J connectivity index is 1.45. The molecule has 8 heteroatoms. The number of rotatable bonds is 7. The second-order valence-corrected chi connectivity index (χ2v) is 8.70. The number of hydrogen-bond acceptors (Lipinski definition) is 6. The highest BCUT2D eigenvalue weighted by molar-refractivity contribution is 7.84. The highest BCUT2D eigenvalue weighted by Gasteiger charge is 2.26. The Kier molecular flexibility index (Phi) is 6.08. The van der Waals surface area contributed by atoms with Crippen LogP contribution in [0.2, 0.25) is 0 Å². The van der Waals surface area contributed by atoms with Crippen molar-refractivity contribution in [3.05, 3.63) is 59.5 Å². The molecule has 0 radical (unpaired) electrons. The van der Waals surface area contributed by atoms with Crippen molar-refractivity contribution in [2.45, 2.75) is 19.1 Å². The van der Waals surface area contributed by atoms with Crippen LogP contribution in [-0.2, 0) is 27.8 Å². The first-order valence-electron chi connectivity index (χ1n) is 9.92. The Morgan fingerprint density at radius 3 is 2.71 bits per heavy atom. The Bertz CT molecular complexity index is 1140. The van der Waals surface area contributed by atoms with Crippen LogP contribution in [0.25, 0.3) is 11.5 Å². The van der Waals surface area contributed by atoms with Crippen LogP contribution in [0.1, 0.15) is 17.0 Å². The number of aryl methyl sites for hydroxylation is 1. The molecule has 3 aromatic rings. The second-order valence-electron chi connectivity index (χ2n) is 7.24. The van der Waals surface area contributed by atoms with Crippen LogP contribution in [-0.4, -0.2) is 41.6 Å². The third kappa shape index (κ3) is 4.34. The zero-order valence-corrected chi connectivity index (χ0v) is 18.5. The fraction of sp³-hybridized carbons (Fsp3) is 0.304. The molecule has 4 rings (SSSR count). The van der Waals surface area contributed by atoms with Crippen LogP contribution in [0.3, 0.4) is 0 Å². The highest BCUT2D eigenvalue weighted by atomic mass is 32.2. The van der Waals surface area contributed by atoms with E-state index in [1.54, 1.807) is 38.2 Å². The summed E-state index contributed by atoms with van der Waals surface area (Å²) in [4.78, 5) is 18.9. The van der Waals surface area contributed by atoms with E-state index in [0.29, 0.717) is 35.4 Å². The van der Waals surface area contributed by atoms with E-state index in [1.165, 1.54) is 0 Å². The first-order chi connectivity index (χ1) is 15.0. The van der Waals surface area contributed by atoms with Gasteiger partial charge in [-0.05, 0) is 43.2 Å². The van der Waals surface area contributed by atoms with Crippen molar-refractivity contribution in [1.29, 1.82) is 0 Å². The molecule has 0 unspecified atom stereocenters. The van der Waals surface area contributed by atoms with Crippen LogP contribution >= 0.6 is 0 Å². The maximum absolute atomic E-state index is 12.7. The van der Waals surface area contributed by atoms with Gasteiger partial charge in [0, 0.05) is 28.6 Å². The van der Waals surface area contributed by atoms with Crippen LogP contribution in [0, 0.1) is 6.92 Å². The lowest BCUT2D eigenvalue weighted by Crippen LogP contribution is -2.33. The number of benzene rings is 2. The van der Waals surface area contributed by atoms with E-state index in [-0.39, 0.29) is 17.4 Å². The number of aromatic nitrogens is 1. The number of methoxy groups -OCH3 is 2. The normalized spacial score (nSPS) is 13.7. The molecule has 0 bridgehead atoms.